The molecule has 124 valence electrons. The van der Waals surface area contributed by atoms with Crippen LogP contribution in [0.4, 0.5) is 5.82 Å². The van der Waals surface area contributed by atoms with Crippen molar-refractivity contribution in [2.45, 2.75) is 38.4 Å². The number of nitrogens with two attached hydrogens (primary N) is 1. The highest BCUT2D eigenvalue weighted by molar-refractivity contribution is 5.76. The van der Waals surface area contributed by atoms with Crippen LogP contribution in [-0.2, 0) is 22.5 Å². The smallest absolute Gasteiger partial charge is 0.142 e. The summed E-state index contributed by atoms with van der Waals surface area (Å²) in [5, 5.41) is 9.54. The maximum Gasteiger partial charge on any atom is 0.142 e. The highest BCUT2D eigenvalue weighted by Crippen LogP contribution is 2.38. The third kappa shape index (κ3) is 2.56. The van der Waals surface area contributed by atoms with E-state index in [0.717, 1.165) is 42.9 Å². The topological polar surface area (TPSA) is 94.3 Å². The van der Waals surface area contributed by atoms with Gasteiger partial charge in [0.2, 0.25) is 0 Å². The number of hydrogen-bond acceptors (Lipinski definition) is 6. The summed E-state index contributed by atoms with van der Waals surface area (Å²) in [4.78, 5) is 4.38. The number of fused-ring (bicyclic) bond motifs is 1. The van der Waals surface area contributed by atoms with Crippen LogP contribution in [0, 0.1) is 11.3 Å². The summed E-state index contributed by atoms with van der Waals surface area (Å²) in [5.74, 6) is 1.68. The van der Waals surface area contributed by atoms with Gasteiger partial charge in [-0.25, -0.2) is 4.98 Å². The lowest BCUT2D eigenvalue weighted by Crippen LogP contribution is -2.16. The van der Waals surface area contributed by atoms with Crippen molar-refractivity contribution in [3.05, 3.63) is 34.7 Å². The first kappa shape index (κ1) is 15.2. The molecule has 0 radical (unpaired) electrons. The second-order valence-corrected chi connectivity index (χ2v) is 6.14. The fourth-order valence-electron chi connectivity index (χ4n) is 3.41. The molecule has 6 nitrogen and oxygen atoms in total. The summed E-state index contributed by atoms with van der Waals surface area (Å²) < 4.78 is 17.4. The second kappa shape index (κ2) is 6.27. The number of anilines is 1. The molecule has 1 fully saturated rings. The first-order valence-electron chi connectivity index (χ1n) is 8.28. The Morgan fingerprint density at radius 2 is 2.17 bits per heavy atom. The number of rotatable bonds is 2. The van der Waals surface area contributed by atoms with Crippen molar-refractivity contribution >= 4 is 5.82 Å². The Balaban J connectivity index is 1.80. The highest BCUT2D eigenvalue weighted by atomic mass is 16.5. The van der Waals surface area contributed by atoms with Gasteiger partial charge in [0.1, 0.15) is 35.1 Å². The minimum atomic E-state index is -0.00991. The Hall–Kier alpha value is -2.36. The molecule has 2 aromatic heterocycles. The lowest BCUT2D eigenvalue weighted by Gasteiger charge is -2.21. The van der Waals surface area contributed by atoms with Crippen LogP contribution in [0.15, 0.2) is 16.5 Å². The molecular formula is C18H19N3O3. The van der Waals surface area contributed by atoms with Crippen molar-refractivity contribution in [1.29, 1.82) is 5.26 Å². The van der Waals surface area contributed by atoms with Gasteiger partial charge in [-0.15, -0.1) is 0 Å². The Kier molecular flexibility index (Phi) is 3.97. The number of hydrogen-bond donors (Lipinski definition) is 1. The van der Waals surface area contributed by atoms with Crippen molar-refractivity contribution in [2.24, 2.45) is 0 Å². The monoisotopic (exact) mass is 325 g/mol. The van der Waals surface area contributed by atoms with E-state index in [9.17, 15) is 5.26 Å². The predicted octanol–water partition coefficient (Wildman–Crippen LogP) is 3.11. The quantitative estimate of drug-likeness (QED) is 0.911. The first-order valence-corrected chi connectivity index (χ1v) is 8.28. The second-order valence-electron chi connectivity index (χ2n) is 6.14. The molecule has 0 amide bonds. The number of nitrogens with zero attached hydrogens (tertiary/aromatic N) is 2. The molecule has 0 saturated carbocycles. The molecule has 1 unspecified atom stereocenters. The number of aromatic nitrogens is 1. The van der Waals surface area contributed by atoms with Crippen LogP contribution in [-0.4, -0.2) is 18.2 Å². The van der Waals surface area contributed by atoms with Crippen LogP contribution in [0.1, 0.15) is 47.9 Å². The summed E-state index contributed by atoms with van der Waals surface area (Å²) in [6, 6.07) is 5.98. The van der Waals surface area contributed by atoms with E-state index in [1.165, 1.54) is 0 Å². The van der Waals surface area contributed by atoms with Gasteiger partial charge in [0.15, 0.2) is 0 Å². The molecule has 6 heteroatoms. The van der Waals surface area contributed by atoms with Crippen molar-refractivity contribution in [1.82, 2.24) is 4.98 Å². The van der Waals surface area contributed by atoms with E-state index in [1.54, 1.807) is 0 Å². The number of ether oxygens (including phenoxy) is 2. The van der Waals surface area contributed by atoms with Gasteiger partial charge in [0.05, 0.1) is 18.9 Å². The van der Waals surface area contributed by atoms with Crippen molar-refractivity contribution in [2.75, 3.05) is 18.9 Å². The van der Waals surface area contributed by atoms with E-state index < -0.39 is 0 Å². The summed E-state index contributed by atoms with van der Waals surface area (Å²) in [5.41, 5.74) is 8.85. The van der Waals surface area contributed by atoms with Crippen molar-refractivity contribution in [3.63, 3.8) is 0 Å². The molecule has 0 bridgehead atoms. The molecule has 2 aliphatic rings. The van der Waals surface area contributed by atoms with E-state index in [-0.39, 0.29) is 11.9 Å². The molecule has 2 aromatic rings. The summed E-state index contributed by atoms with van der Waals surface area (Å²) in [7, 11) is 0. The Morgan fingerprint density at radius 1 is 1.25 bits per heavy atom. The summed E-state index contributed by atoms with van der Waals surface area (Å²) in [6.45, 7) is 1.79. The molecule has 4 heterocycles. The normalized spacial score (nSPS) is 20.4. The SMILES string of the molecule is N#Cc1c(N)nc2c(c1-c1ccc(C3CCCCO3)o1)COCC2. The van der Waals surface area contributed by atoms with E-state index in [2.05, 4.69) is 11.1 Å². The lowest BCUT2D eigenvalue weighted by atomic mass is 9.96. The molecule has 0 spiro atoms. The number of nitriles is 1. The third-order valence-corrected chi connectivity index (χ3v) is 4.62. The van der Waals surface area contributed by atoms with Gasteiger partial charge >= 0.3 is 0 Å². The van der Waals surface area contributed by atoms with Gasteiger partial charge in [-0.1, -0.05) is 0 Å². The van der Waals surface area contributed by atoms with Gasteiger partial charge in [-0.3, -0.25) is 0 Å². The molecule has 1 saturated heterocycles. The maximum absolute atomic E-state index is 9.54. The fourth-order valence-corrected chi connectivity index (χ4v) is 3.41. The minimum absolute atomic E-state index is 0.00991. The minimum Gasteiger partial charge on any atom is -0.458 e. The lowest BCUT2D eigenvalue weighted by molar-refractivity contribution is 0.00220. The first-order chi connectivity index (χ1) is 11.8. The zero-order valence-corrected chi connectivity index (χ0v) is 13.4. The molecule has 2 N–H and O–H groups in total. The maximum atomic E-state index is 9.54. The Labute approximate surface area is 140 Å². The molecule has 2 aliphatic heterocycles. The van der Waals surface area contributed by atoms with Crippen LogP contribution in [0.2, 0.25) is 0 Å². The zero-order valence-electron chi connectivity index (χ0n) is 13.4. The Morgan fingerprint density at radius 3 is 2.96 bits per heavy atom. The van der Waals surface area contributed by atoms with E-state index in [0.29, 0.717) is 36.5 Å². The van der Waals surface area contributed by atoms with Gasteiger partial charge in [0, 0.05) is 24.2 Å². The van der Waals surface area contributed by atoms with Crippen molar-refractivity contribution in [3.8, 4) is 17.4 Å². The van der Waals surface area contributed by atoms with Crippen LogP contribution in [0.5, 0.6) is 0 Å². The predicted molar refractivity (Wildman–Crippen MR) is 87.0 cm³/mol. The Bertz CT molecular complexity index is 801. The molecule has 4 rings (SSSR count). The molecule has 0 aromatic carbocycles. The van der Waals surface area contributed by atoms with E-state index in [4.69, 9.17) is 19.6 Å². The van der Waals surface area contributed by atoms with E-state index in [1.807, 2.05) is 12.1 Å². The van der Waals surface area contributed by atoms with E-state index >= 15 is 0 Å². The van der Waals surface area contributed by atoms with Crippen LogP contribution in [0.3, 0.4) is 0 Å². The average Bonchev–Trinajstić information content (AvgIpc) is 3.11. The standard InChI is InChI=1S/C18H19N3O3/c19-9-11-17(12-10-22-8-6-13(12)21-18(11)20)16-5-4-15(24-16)14-3-1-2-7-23-14/h4-5,14H,1-3,6-8,10H2,(H2,20,21). The molecule has 24 heavy (non-hydrogen) atoms. The molecule has 0 aliphatic carbocycles. The largest absolute Gasteiger partial charge is 0.458 e. The molecular weight excluding hydrogens is 306 g/mol. The number of nitrogen functional groups attached to an aromatic ring is 1. The van der Waals surface area contributed by atoms with Crippen LogP contribution in [0.25, 0.3) is 11.3 Å². The van der Waals surface area contributed by atoms with Gasteiger partial charge in [0.25, 0.3) is 0 Å². The zero-order chi connectivity index (χ0) is 16.5. The van der Waals surface area contributed by atoms with Crippen LogP contribution < -0.4 is 5.73 Å². The molecule has 1 atom stereocenters. The third-order valence-electron chi connectivity index (χ3n) is 4.62. The number of pyridine rings is 1. The summed E-state index contributed by atoms with van der Waals surface area (Å²) in [6.07, 6.45) is 3.86. The van der Waals surface area contributed by atoms with Crippen LogP contribution >= 0.6 is 0 Å². The highest BCUT2D eigenvalue weighted by Gasteiger charge is 2.26. The van der Waals surface area contributed by atoms with Gasteiger partial charge < -0.3 is 19.6 Å². The fraction of sp³-hybridized carbons (Fsp3) is 0.444. The summed E-state index contributed by atoms with van der Waals surface area (Å²) >= 11 is 0. The van der Waals surface area contributed by atoms with Crippen molar-refractivity contribution < 1.29 is 13.9 Å². The van der Waals surface area contributed by atoms with Gasteiger partial charge in [-0.05, 0) is 31.4 Å². The number of furan rings is 1. The average molecular weight is 325 g/mol. The van der Waals surface area contributed by atoms with Gasteiger partial charge in [-0.2, -0.15) is 5.26 Å².